The van der Waals surface area contributed by atoms with Gasteiger partial charge in [-0.1, -0.05) is 12.7 Å². The maximum Gasteiger partial charge on any atom is 0.154 e. The number of rotatable bonds is 8. The van der Waals surface area contributed by atoms with Gasteiger partial charge >= 0.3 is 0 Å². The van der Waals surface area contributed by atoms with Gasteiger partial charge in [0.25, 0.3) is 0 Å². The van der Waals surface area contributed by atoms with Gasteiger partial charge in [-0.25, -0.2) is 0 Å². The first kappa shape index (κ1) is 20.4. The molecule has 0 atom stereocenters. The summed E-state index contributed by atoms with van der Waals surface area (Å²) in [5.41, 5.74) is 1.09. The van der Waals surface area contributed by atoms with Crippen LogP contribution in [0, 0.1) is 5.41 Å². The van der Waals surface area contributed by atoms with Gasteiger partial charge in [0.1, 0.15) is 17.9 Å². The molecule has 148 valence electrons. The van der Waals surface area contributed by atoms with Crippen LogP contribution in [0.15, 0.2) is 51.7 Å². The second kappa shape index (κ2) is 10.3. The summed E-state index contributed by atoms with van der Waals surface area (Å²) in [4.78, 5) is 6.58. The van der Waals surface area contributed by atoms with E-state index in [1.54, 1.807) is 17.7 Å². The normalized spacial score (nSPS) is 15.6. The highest BCUT2D eigenvalue weighted by atomic mass is 32.1. The molecular weight excluding hydrogens is 374 g/mol. The fourth-order valence-electron chi connectivity index (χ4n) is 2.86. The van der Waals surface area contributed by atoms with E-state index in [4.69, 9.17) is 19.3 Å². The van der Waals surface area contributed by atoms with Gasteiger partial charge in [-0.05, 0) is 23.6 Å². The molecule has 1 fully saturated rings. The largest absolute Gasteiger partial charge is 0.492 e. The van der Waals surface area contributed by atoms with Crippen LogP contribution in [0.3, 0.4) is 0 Å². The van der Waals surface area contributed by atoms with E-state index in [1.165, 1.54) is 0 Å². The average molecular weight is 400 g/mol. The Bertz CT molecular complexity index is 930. The number of hydrogen-bond donors (Lipinski definition) is 2. The molecular formula is C21H25N3O3S. The molecule has 0 amide bonds. The van der Waals surface area contributed by atoms with Crippen LogP contribution in [0.4, 0.5) is 0 Å². The zero-order valence-corrected chi connectivity index (χ0v) is 16.7. The highest BCUT2D eigenvalue weighted by Crippen LogP contribution is 2.22. The number of fused-ring (bicyclic) bond motifs is 1. The summed E-state index contributed by atoms with van der Waals surface area (Å²) in [5, 5.41) is 11.0. The first-order chi connectivity index (χ1) is 13.7. The molecule has 0 bridgehead atoms. The lowest BCUT2D eigenvalue weighted by molar-refractivity contribution is 0.0322. The molecule has 28 heavy (non-hydrogen) atoms. The molecule has 0 aliphatic carbocycles. The molecule has 1 aromatic carbocycles. The predicted octanol–water partition coefficient (Wildman–Crippen LogP) is 3.50. The van der Waals surface area contributed by atoms with E-state index >= 15 is 0 Å². The van der Waals surface area contributed by atoms with E-state index in [0.717, 1.165) is 38.6 Å². The predicted molar refractivity (Wildman–Crippen MR) is 115 cm³/mol. The number of nitrogens with zero attached hydrogens (tertiary/aromatic N) is 2. The first-order valence-corrected chi connectivity index (χ1v) is 9.75. The lowest BCUT2D eigenvalue weighted by atomic mass is 10.2. The maximum absolute atomic E-state index is 8.32. The third kappa shape index (κ3) is 5.58. The third-order valence-electron chi connectivity index (χ3n) is 4.39. The van der Waals surface area contributed by atoms with Crippen molar-refractivity contribution in [3.05, 3.63) is 53.4 Å². The van der Waals surface area contributed by atoms with Crippen LogP contribution in [-0.2, 0) is 4.74 Å². The minimum Gasteiger partial charge on any atom is -0.492 e. The standard InChI is InChI=1S/C21H25N3O3S/c1-16(23-6-2-3-13-28)21-15-19(22)18-14-17(4-5-20(18)27-21)26-12-9-24-7-10-25-11-8-24/h3-6,13-15,22,28H,1-2,7-12H2/b13-3-,22-19?,23-6?. The van der Waals surface area contributed by atoms with Crippen molar-refractivity contribution in [2.24, 2.45) is 4.99 Å². The van der Waals surface area contributed by atoms with E-state index in [2.05, 4.69) is 29.1 Å². The molecule has 0 radical (unpaired) electrons. The van der Waals surface area contributed by atoms with E-state index in [-0.39, 0.29) is 0 Å². The molecule has 2 heterocycles. The summed E-state index contributed by atoms with van der Waals surface area (Å²) in [6.45, 7) is 8.82. The van der Waals surface area contributed by atoms with E-state index in [0.29, 0.717) is 40.8 Å². The number of nitrogens with one attached hydrogen (secondary N) is 1. The van der Waals surface area contributed by atoms with Crippen LogP contribution < -0.4 is 10.1 Å². The van der Waals surface area contributed by atoms with Crippen molar-refractivity contribution in [1.82, 2.24) is 4.90 Å². The fourth-order valence-corrected chi connectivity index (χ4v) is 2.98. The Balaban J connectivity index is 1.67. The summed E-state index contributed by atoms with van der Waals surface area (Å²) in [6, 6.07) is 7.15. The molecule has 7 heteroatoms. The summed E-state index contributed by atoms with van der Waals surface area (Å²) in [6.07, 6.45) is 4.26. The van der Waals surface area contributed by atoms with Gasteiger partial charge in [0, 0.05) is 43.7 Å². The monoisotopic (exact) mass is 399 g/mol. The summed E-state index contributed by atoms with van der Waals surface area (Å²) < 4.78 is 17.1. The Morgan fingerprint density at radius 2 is 2.14 bits per heavy atom. The number of ether oxygens (including phenoxy) is 2. The van der Waals surface area contributed by atoms with Gasteiger partial charge in [-0.3, -0.25) is 15.3 Å². The van der Waals surface area contributed by atoms with Gasteiger partial charge in [0.2, 0.25) is 0 Å². The van der Waals surface area contributed by atoms with Crippen molar-refractivity contribution in [2.75, 3.05) is 39.5 Å². The Morgan fingerprint density at radius 1 is 1.32 bits per heavy atom. The van der Waals surface area contributed by atoms with Crippen molar-refractivity contribution in [3.8, 4) is 5.75 Å². The number of benzene rings is 1. The molecule has 1 aliphatic heterocycles. The van der Waals surface area contributed by atoms with Crippen LogP contribution in [-0.4, -0.2) is 50.6 Å². The molecule has 2 aromatic rings. The number of allylic oxidation sites excluding steroid dienone is 1. The lowest BCUT2D eigenvalue weighted by Gasteiger charge is -2.26. The van der Waals surface area contributed by atoms with Gasteiger partial charge in [0.15, 0.2) is 5.76 Å². The van der Waals surface area contributed by atoms with Gasteiger partial charge in [-0.2, -0.15) is 12.6 Å². The Hall–Kier alpha value is -2.35. The van der Waals surface area contributed by atoms with Crippen molar-refractivity contribution in [2.45, 2.75) is 6.42 Å². The molecule has 3 rings (SSSR count). The zero-order valence-electron chi connectivity index (χ0n) is 15.8. The molecule has 0 spiro atoms. The van der Waals surface area contributed by atoms with Gasteiger partial charge < -0.3 is 13.9 Å². The quantitative estimate of drug-likeness (QED) is 0.526. The molecule has 0 saturated carbocycles. The van der Waals surface area contributed by atoms with Crippen molar-refractivity contribution in [3.63, 3.8) is 0 Å². The second-order valence-corrected chi connectivity index (χ2v) is 6.66. The van der Waals surface area contributed by atoms with Crippen molar-refractivity contribution < 1.29 is 13.9 Å². The van der Waals surface area contributed by atoms with E-state index in [1.807, 2.05) is 24.3 Å². The van der Waals surface area contributed by atoms with Crippen molar-refractivity contribution in [1.29, 1.82) is 5.41 Å². The van der Waals surface area contributed by atoms with E-state index < -0.39 is 0 Å². The molecule has 1 saturated heterocycles. The van der Waals surface area contributed by atoms with E-state index in [9.17, 15) is 0 Å². The van der Waals surface area contributed by atoms with Crippen LogP contribution in [0.25, 0.3) is 16.7 Å². The molecule has 6 nitrogen and oxygen atoms in total. The highest BCUT2D eigenvalue weighted by Gasteiger charge is 2.10. The average Bonchev–Trinajstić information content (AvgIpc) is 2.72. The summed E-state index contributed by atoms with van der Waals surface area (Å²) in [7, 11) is 0. The first-order valence-electron chi connectivity index (χ1n) is 9.24. The maximum atomic E-state index is 8.32. The third-order valence-corrected chi connectivity index (χ3v) is 4.61. The molecule has 1 aromatic heterocycles. The number of hydrogen-bond acceptors (Lipinski definition) is 7. The van der Waals surface area contributed by atoms with Crippen LogP contribution in [0.1, 0.15) is 12.2 Å². The molecule has 1 N–H and O–H groups in total. The SMILES string of the molecule is C=C(N=CC/C=C\S)c1cc(=N)c2cc(OCCN3CCOCC3)ccc2o1. The number of aliphatic imine (C=N–C) groups is 1. The smallest absolute Gasteiger partial charge is 0.154 e. The van der Waals surface area contributed by atoms with Crippen LogP contribution in [0.5, 0.6) is 5.75 Å². The fraction of sp³-hybridized carbons (Fsp3) is 0.333. The van der Waals surface area contributed by atoms with Crippen LogP contribution in [0.2, 0.25) is 0 Å². The zero-order chi connectivity index (χ0) is 19.8. The van der Waals surface area contributed by atoms with Gasteiger partial charge in [0.05, 0.1) is 24.3 Å². The Labute approximate surface area is 170 Å². The number of morpholine rings is 1. The highest BCUT2D eigenvalue weighted by molar-refractivity contribution is 7.83. The topological polar surface area (TPSA) is 71.0 Å². The van der Waals surface area contributed by atoms with Gasteiger partial charge in [-0.15, -0.1) is 0 Å². The second-order valence-electron chi connectivity index (χ2n) is 6.36. The lowest BCUT2D eigenvalue weighted by Crippen LogP contribution is -2.38. The minimum atomic E-state index is 0.349. The Morgan fingerprint density at radius 3 is 2.93 bits per heavy atom. The Kier molecular flexibility index (Phi) is 7.47. The molecule has 1 aliphatic rings. The molecule has 0 unspecified atom stereocenters. The van der Waals surface area contributed by atoms with Crippen molar-refractivity contribution >= 4 is 35.5 Å². The summed E-state index contributed by atoms with van der Waals surface area (Å²) in [5.74, 6) is 1.21. The minimum absolute atomic E-state index is 0.349. The summed E-state index contributed by atoms with van der Waals surface area (Å²) >= 11 is 4.00. The van der Waals surface area contributed by atoms with Crippen LogP contribution >= 0.6 is 12.6 Å². The number of thiol groups is 1.